The van der Waals surface area contributed by atoms with Gasteiger partial charge in [0.1, 0.15) is 0 Å². The van der Waals surface area contributed by atoms with Crippen molar-refractivity contribution in [1.82, 2.24) is 0 Å². The van der Waals surface area contributed by atoms with Gasteiger partial charge in [0.15, 0.2) is 0 Å². The Kier molecular flexibility index (Phi) is 6.87. The number of carbonyl (C=O) groups is 1. The normalized spacial score (nSPS) is 10.8. The summed E-state index contributed by atoms with van der Waals surface area (Å²) in [4.78, 5) is 13.5. The van der Waals surface area contributed by atoms with Crippen LogP contribution in [0.4, 0.5) is 0 Å². The zero-order chi connectivity index (χ0) is 11.6. The molecular weight excluding hydrogens is 263 g/mol. The van der Waals surface area contributed by atoms with Crippen LogP contribution in [0.25, 0.3) is 0 Å². The van der Waals surface area contributed by atoms with Crippen molar-refractivity contribution in [2.24, 2.45) is 0 Å². The standard InChI is InChI=1S/C14H18OSe/c1-2-3-8-13(15)9-7-12-16-14-10-5-4-6-11-14/h4-7,10-12H,2-3,8-9H2,1H3/b12-7+. The molecule has 0 atom stereocenters. The molecule has 1 aromatic carbocycles. The van der Waals surface area contributed by atoms with E-state index in [1.54, 1.807) is 0 Å². The molecule has 0 radical (unpaired) electrons. The molecule has 2 heteroatoms. The van der Waals surface area contributed by atoms with Crippen molar-refractivity contribution in [3.63, 3.8) is 0 Å². The first kappa shape index (κ1) is 13.2. The Morgan fingerprint density at radius 1 is 1.31 bits per heavy atom. The second-order valence-electron chi connectivity index (χ2n) is 3.65. The summed E-state index contributed by atoms with van der Waals surface area (Å²) >= 11 is 0.367. The number of benzene rings is 1. The van der Waals surface area contributed by atoms with Gasteiger partial charge in [0.2, 0.25) is 0 Å². The predicted molar refractivity (Wildman–Crippen MR) is 70.1 cm³/mol. The van der Waals surface area contributed by atoms with Crippen LogP contribution in [0.5, 0.6) is 0 Å². The molecule has 0 aromatic heterocycles. The van der Waals surface area contributed by atoms with Crippen molar-refractivity contribution in [3.8, 4) is 0 Å². The Morgan fingerprint density at radius 2 is 2.06 bits per heavy atom. The minimum absolute atomic E-state index is 0.363. The van der Waals surface area contributed by atoms with Crippen molar-refractivity contribution < 1.29 is 4.79 Å². The van der Waals surface area contributed by atoms with E-state index in [1.165, 1.54) is 4.46 Å². The number of hydrogen-bond acceptors (Lipinski definition) is 1. The predicted octanol–water partition coefficient (Wildman–Crippen LogP) is 2.68. The first-order chi connectivity index (χ1) is 7.83. The molecule has 0 bridgehead atoms. The molecule has 1 nitrogen and oxygen atoms in total. The second-order valence-corrected chi connectivity index (χ2v) is 5.70. The third-order valence-electron chi connectivity index (χ3n) is 2.20. The zero-order valence-electron chi connectivity index (χ0n) is 9.69. The van der Waals surface area contributed by atoms with Crippen LogP contribution in [0.2, 0.25) is 0 Å². The molecule has 1 aromatic rings. The van der Waals surface area contributed by atoms with Gasteiger partial charge in [0, 0.05) is 0 Å². The van der Waals surface area contributed by atoms with Crippen LogP contribution in [-0.2, 0) is 4.79 Å². The van der Waals surface area contributed by atoms with Crippen LogP contribution >= 0.6 is 0 Å². The number of allylic oxidation sites excluding steroid dienone is 1. The molecular formula is C14H18OSe. The quantitative estimate of drug-likeness (QED) is 0.702. The van der Waals surface area contributed by atoms with E-state index < -0.39 is 0 Å². The summed E-state index contributed by atoms with van der Waals surface area (Å²) in [7, 11) is 0. The van der Waals surface area contributed by atoms with Gasteiger partial charge in [-0.15, -0.1) is 0 Å². The van der Waals surface area contributed by atoms with E-state index in [0.717, 1.165) is 19.3 Å². The molecule has 16 heavy (non-hydrogen) atoms. The topological polar surface area (TPSA) is 17.1 Å². The number of Topliss-reactive ketones (excluding diaryl/α,β-unsaturated/α-hetero) is 1. The molecule has 0 unspecified atom stereocenters. The minimum atomic E-state index is 0.363. The SMILES string of the molecule is CCCCC(=O)C/C=C/[Se]c1ccccc1. The zero-order valence-corrected chi connectivity index (χ0v) is 11.4. The first-order valence-corrected chi connectivity index (χ1v) is 7.56. The Labute approximate surface area is 104 Å². The van der Waals surface area contributed by atoms with Crippen molar-refractivity contribution in [3.05, 3.63) is 41.4 Å². The number of ketones is 1. The van der Waals surface area contributed by atoms with E-state index >= 15 is 0 Å². The molecule has 1 rings (SSSR count). The van der Waals surface area contributed by atoms with Gasteiger partial charge in [-0.25, -0.2) is 0 Å². The van der Waals surface area contributed by atoms with E-state index in [4.69, 9.17) is 0 Å². The number of unbranched alkanes of at least 4 members (excludes halogenated alkanes) is 1. The van der Waals surface area contributed by atoms with Crippen LogP contribution in [0.1, 0.15) is 32.6 Å². The fraction of sp³-hybridized carbons (Fsp3) is 0.357. The molecule has 86 valence electrons. The van der Waals surface area contributed by atoms with E-state index in [2.05, 4.69) is 36.2 Å². The number of hydrogen-bond donors (Lipinski definition) is 0. The van der Waals surface area contributed by atoms with Gasteiger partial charge in [-0.3, -0.25) is 0 Å². The molecule has 0 fully saturated rings. The van der Waals surface area contributed by atoms with E-state index in [1.807, 2.05) is 12.1 Å². The Bertz CT molecular complexity index is 330. The van der Waals surface area contributed by atoms with Crippen molar-refractivity contribution in [1.29, 1.82) is 0 Å². The molecule has 0 amide bonds. The van der Waals surface area contributed by atoms with Gasteiger partial charge in [0.25, 0.3) is 0 Å². The summed E-state index contributed by atoms with van der Waals surface area (Å²) in [6, 6.07) is 10.4. The summed E-state index contributed by atoms with van der Waals surface area (Å²) < 4.78 is 1.35. The van der Waals surface area contributed by atoms with E-state index in [9.17, 15) is 4.79 Å². The Hall–Kier alpha value is -0.851. The van der Waals surface area contributed by atoms with Crippen molar-refractivity contribution in [2.75, 3.05) is 0 Å². The van der Waals surface area contributed by atoms with Gasteiger partial charge < -0.3 is 0 Å². The molecule has 0 spiro atoms. The van der Waals surface area contributed by atoms with Gasteiger partial charge in [0.05, 0.1) is 0 Å². The van der Waals surface area contributed by atoms with Crippen molar-refractivity contribution in [2.45, 2.75) is 32.6 Å². The molecule has 0 aliphatic rings. The second kappa shape index (κ2) is 8.32. The summed E-state index contributed by atoms with van der Waals surface area (Å²) in [5, 5.41) is 0. The Balaban J connectivity index is 2.20. The monoisotopic (exact) mass is 282 g/mol. The van der Waals surface area contributed by atoms with Gasteiger partial charge in [-0.2, -0.15) is 0 Å². The molecule has 0 heterocycles. The fourth-order valence-electron chi connectivity index (χ4n) is 1.28. The Morgan fingerprint density at radius 3 is 2.75 bits per heavy atom. The van der Waals surface area contributed by atoms with Gasteiger partial charge in [-0.1, -0.05) is 0 Å². The number of carbonyl (C=O) groups excluding carboxylic acids is 1. The van der Waals surface area contributed by atoms with Crippen LogP contribution in [0.15, 0.2) is 41.4 Å². The van der Waals surface area contributed by atoms with Gasteiger partial charge >= 0.3 is 104 Å². The maximum atomic E-state index is 11.4. The van der Waals surface area contributed by atoms with E-state index in [0.29, 0.717) is 27.2 Å². The first-order valence-electron chi connectivity index (χ1n) is 5.71. The number of rotatable bonds is 7. The summed E-state index contributed by atoms with van der Waals surface area (Å²) in [6.07, 6.45) is 5.48. The third kappa shape index (κ3) is 5.89. The fourth-order valence-corrected chi connectivity index (χ4v) is 2.67. The molecule has 0 saturated heterocycles. The van der Waals surface area contributed by atoms with Crippen LogP contribution in [0.3, 0.4) is 0 Å². The maximum absolute atomic E-state index is 11.4. The molecule has 0 aliphatic carbocycles. The molecule has 0 saturated carbocycles. The summed E-state index contributed by atoms with van der Waals surface area (Å²) in [5.74, 6) is 0.363. The van der Waals surface area contributed by atoms with Crippen molar-refractivity contribution >= 4 is 25.2 Å². The average Bonchev–Trinajstić information content (AvgIpc) is 2.33. The van der Waals surface area contributed by atoms with Crippen LogP contribution < -0.4 is 4.46 Å². The molecule has 0 N–H and O–H groups in total. The third-order valence-corrected chi connectivity index (χ3v) is 4.03. The van der Waals surface area contributed by atoms with Crippen LogP contribution in [0, 0.1) is 0 Å². The average molecular weight is 281 g/mol. The van der Waals surface area contributed by atoms with Crippen LogP contribution in [-0.4, -0.2) is 20.7 Å². The van der Waals surface area contributed by atoms with E-state index in [-0.39, 0.29) is 0 Å². The summed E-state index contributed by atoms with van der Waals surface area (Å²) in [6.45, 7) is 2.11. The van der Waals surface area contributed by atoms with Gasteiger partial charge in [-0.05, 0) is 0 Å². The molecule has 0 aliphatic heterocycles. The summed E-state index contributed by atoms with van der Waals surface area (Å²) in [5.41, 5.74) is 0.